The first-order valence-electron chi connectivity index (χ1n) is 4.84. The van der Waals surface area contributed by atoms with E-state index in [9.17, 15) is 0 Å². The van der Waals surface area contributed by atoms with E-state index < -0.39 is 0 Å². The highest BCUT2D eigenvalue weighted by Gasteiger charge is 2.23. The van der Waals surface area contributed by atoms with Gasteiger partial charge in [0.15, 0.2) is 0 Å². The number of rotatable bonds is 1. The monoisotopic (exact) mass is 164 g/mol. The molecular formula is C12H20. The minimum absolute atomic E-state index is 0.326. The van der Waals surface area contributed by atoms with Crippen LogP contribution in [0, 0.1) is 11.3 Å². The summed E-state index contributed by atoms with van der Waals surface area (Å²) in [5.41, 5.74) is 3.44. The smallest absolute Gasteiger partial charge is 0.0132 e. The van der Waals surface area contributed by atoms with E-state index in [0.717, 1.165) is 6.42 Å². The van der Waals surface area contributed by atoms with E-state index in [1.807, 2.05) is 0 Å². The third-order valence-corrected chi connectivity index (χ3v) is 2.40. The molecule has 0 nitrogen and oxygen atoms in total. The van der Waals surface area contributed by atoms with Crippen molar-refractivity contribution in [2.24, 2.45) is 11.3 Å². The fraction of sp³-hybridized carbons (Fsp3) is 0.667. The summed E-state index contributed by atoms with van der Waals surface area (Å²) < 4.78 is 0. The largest absolute Gasteiger partial charge is 0.0770 e. The molecule has 12 heavy (non-hydrogen) atoms. The average molecular weight is 164 g/mol. The Morgan fingerprint density at radius 1 is 1.17 bits per heavy atom. The number of hydrogen-bond donors (Lipinski definition) is 0. The molecule has 1 aliphatic carbocycles. The van der Waals surface area contributed by atoms with Gasteiger partial charge in [-0.2, -0.15) is 0 Å². The Hall–Kier alpha value is -0.520. The first-order valence-corrected chi connectivity index (χ1v) is 4.84. The summed E-state index contributed by atoms with van der Waals surface area (Å²) in [6.45, 7) is 11.4. The van der Waals surface area contributed by atoms with Crippen LogP contribution in [0.15, 0.2) is 23.3 Å². The van der Waals surface area contributed by atoms with Gasteiger partial charge in [0.25, 0.3) is 0 Å². The molecule has 0 heterocycles. The van der Waals surface area contributed by atoms with Gasteiger partial charge in [0.1, 0.15) is 0 Å². The maximum absolute atomic E-state index is 2.37. The highest BCUT2D eigenvalue weighted by Crippen LogP contribution is 2.38. The lowest BCUT2D eigenvalue weighted by Gasteiger charge is -2.25. The summed E-state index contributed by atoms with van der Waals surface area (Å²) in [5.74, 6) is 0.679. The lowest BCUT2D eigenvalue weighted by atomic mass is 9.80. The van der Waals surface area contributed by atoms with Crippen LogP contribution in [0.2, 0.25) is 0 Å². The van der Waals surface area contributed by atoms with Gasteiger partial charge in [0.05, 0.1) is 0 Å². The van der Waals surface area contributed by atoms with Gasteiger partial charge >= 0.3 is 0 Å². The van der Waals surface area contributed by atoms with Gasteiger partial charge in [-0.25, -0.2) is 0 Å². The first kappa shape index (κ1) is 9.57. The molecule has 0 radical (unpaired) electrons. The summed E-state index contributed by atoms with van der Waals surface area (Å²) >= 11 is 0. The lowest BCUT2D eigenvalue weighted by molar-refractivity contribution is 0.499. The van der Waals surface area contributed by atoms with Gasteiger partial charge in [-0.1, -0.05) is 46.8 Å². The van der Waals surface area contributed by atoms with Crippen molar-refractivity contribution in [2.45, 2.75) is 41.0 Å². The SMILES string of the molecule is CC(C)C1=CCC=C1C(C)(C)C. The van der Waals surface area contributed by atoms with Crippen molar-refractivity contribution in [2.75, 3.05) is 0 Å². The standard InChI is InChI=1S/C12H20/c1-9(2)10-7-6-8-11(10)12(3,4)5/h7-9H,6H2,1-5H3. The van der Waals surface area contributed by atoms with Crippen molar-refractivity contribution in [1.82, 2.24) is 0 Å². The van der Waals surface area contributed by atoms with E-state index in [0.29, 0.717) is 11.3 Å². The molecule has 1 rings (SSSR count). The van der Waals surface area contributed by atoms with Crippen molar-refractivity contribution < 1.29 is 0 Å². The molecule has 0 fully saturated rings. The molecule has 0 atom stereocenters. The first-order chi connectivity index (χ1) is 5.43. The van der Waals surface area contributed by atoms with Crippen LogP contribution in [0.3, 0.4) is 0 Å². The van der Waals surface area contributed by atoms with Crippen molar-refractivity contribution in [3.8, 4) is 0 Å². The Bertz CT molecular complexity index is 221. The van der Waals surface area contributed by atoms with Crippen LogP contribution in [0.5, 0.6) is 0 Å². The Balaban J connectivity index is 2.88. The summed E-state index contributed by atoms with van der Waals surface area (Å²) in [5, 5.41) is 0. The van der Waals surface area contributed by atoms with Crippen molar-refractivity contribution in [3.63, 3.8) is 0 Å². The molecule has 0 aliphatic heterocycles. The van der Waals surface area contributed by atoms with Crippen molar-refractivity contribution in [3.05, 3.63) is 23.3 Å². The molecule has 0 unspecified atom stereocenters. The van der Waals surface area contributed by atoms with Crippen molar-refractivity contribution in [1.29, 1.82) is 0 Å². The second kappa shape index (κ2) is 3.08. The molecule has 1 aliphatic rings. The van der Waals surface area contributed by atoms with Crippen LogP contribution in [-0.2, 0) is 0 Å². The maximum atomic E-state index is 2.37. The Labute approximate surface area is 76.4 Å². The quantitative estimate of drug-likeness (QED) is 0.550. The van der Waals surface area contributed by atoms with E-state index in [1.54, 1.807) is 11.1 Å². The van der Waals surface area contributed by atoms with Crippen LogP contribution < -0.4 is 0 Å². The summed E-state index contributed by atoms with van der Waals surface area (Å²) in [4.78, 5) is 0. The molecule has 0 spiro atoms. The molecule has 0 saturated carbocycles. The Morgan fingerprint density at radius 2 is 1.75 bits per heavy atom. The normalized spacial score (nSPS) is 18.2. The van der Waals surface area contributed by atoms with Gasteiger partial charge in [-0.05, 0) is 28.9 Å². The van der Waals surface area contributed by atoms with Gasteiger partial charge in [0, 0.05) is 0 Å². The van der Waals surface area contributed by atoms with E-state index in [1.165, 1.54) is 0 Å². The second-order valence-corrected chi connectivity index (χ2v) is 4.92. The van der Waals surface area contributed by atoms with Crippen LogP contribution in [0.4, 0.5) is 0 Å². The zero-order valence-corrected chi connectivity index (χ0v) is 8.94. The number of allylic oxidation sites excluding steroid dienone is 4. The molecule has 68 valence electrons. The molecule has 0 aromatic heterocycles. The molecule has 0 heteroatoms. The molecular weight excluding hydrogens is 144 g/mol. The predicted octanol–water partition coefficient (Wildman–Crippen LogP) is 3.95. The fourth-order valence-electron chi connectivity index (χ4n) is 1.82. The Morgan fingerprint density at radius 3 is 2.08 bits per heavy atom. The molecule has 0 bridgehead atoms. The molecule has 0 N–H and O–H groups in total. The zero-order valence-electron chi connectivity index (χ0n) is 8.94. The maximum Gasteiger partial charge on any atom is -0.0132 e. The molecule has 0 aromatic carbocycles. The van der Waals surface area contributed by atoms with E-state index in [2.05, 4.69) is 46.8 Å². The average Bonchev–Trinajstić information content (AvgIpc) is 2.30. The van der Waals surface area contributed by atoms with Gasteiger partial charge in [0.2, 0.25) is 0 Å². The van der Waals surface area contributed by atoms with Crippen LogP contribution in [0.1, 0.15) is 41.0 Å². The summed E-state index contributed by atoms with van der Waals surface area (Å²) in [6, 6.07) is 0. The molecule has 0 amide bonds. The minimum atomic E-state index is 0.326. The highest BCUT2D eigenvalue weighted by atomic mass is 14.3. The van der Waals surface area contributed by atoms with Crippen LogP contribution in [0.25, 0.3) is 0 Å². The van der Waals surface area contributed by atoms with Gasteiger partial charge < -0.3 is 0 Å². The fourth-order valence-corrected chi connectivity index (χ4v) is 1.82. The second-order valence-electron chi connectivity index (χ2n) is 4.92. The third-order valence-electron chi connectivity index (χ3n) is 2.40. The van der Waals surface area contributed by atoms with Crippen LogP contribution >= 0.6 is 0 Å². The van der Waals surface area contributed by atoms with Gasteiger partial charge in [-0.15, -0.1) is 0 Å². The van der Waals surface area contributed by atoms with E-state index in [4.69, 9.17) is 0 Å². The van der Waals surface area contributed by atoms with E-state index in [-0.39, 0.29) is 0 Å². The summed E-state index contributed by atoms with van der Waals surface area (Å²) in [6.07, 6.45) is 5.88. The minimum Gasteiger partial charge on any atom is -0.0770 e. The zero-order chi connectivity index (χ0) is 9.35. The van der Waals surface area contributed by atoms with Crippen molar-refractivity contribution >= 4 is 0 Å². The molecule has 0 aromatic rings. The third kappa shape index (κ3) is 1.80. The highest BCUT2D eigenvalue weighted by molar-refractivity contribution is 5.41. The summed E-state index contributed by atoms with van der Waals surface area (Å²) in [7, 11) is 0. The molecule has 0 saturated heterocycles. The van der Waals surface area contributed by atoms with E-state index >= 15 is 0 Å². The number of hydrogen-bond acceptors (Lipinski definition) is 0. The predicted molar refractivity (Wildman–Crippen MR) is 55.1 cm³/mol. The lowest BCUT2D eigenvalue weighted by Crippen LogP contribution is -2.12. The van der Waals surface area contributed by atoms with Gasteiger partial charge in [-0.3, -0.25) is 0 Å². The Kier molecular flexibility index (Phi) is 2.46. The topological polar surface area (TPSA) is 0 Å². The van der Waals surface area contributed by atoms with Crippen LogP contribution in [-0.4, -0.2) is 0 Å².